The van der Waals surface area contributed by atoms with Gasteiger partial charge in [0, 0.05) is 13.1 Å². The van der Waals surface area contributed by atoms with E-state index in [4.69, 9.17) is 4.42 Å². The fraction of sp³-hybridized carbons (Fsp3) is 0.583. The topological polar surface area (TPSA) is 45.5 Å². The first-order chi connectivity index (χ1) is 9.33. The molecule has 1 amide bonds. The van der Waals surface area contributed by atoms with Crippen molar-refractivity contribution in [2.75, 3.05) is 26.2 Å². The number of alkyl halides is 3. The molecule has 1 N–H and O–H groups in total. The molecule has 1 aliphatic heterocycles. The van der Waals surface area contributed by atoms with Crippen molar-refractivity contribution in [3.8, 4) is 0 Å². The van der Waals surface area contributed by atoms with E-state index in [1.807, 2.05) is 0 Å². The first-order valence-corrected chi connectivity index (χ1v) is 6.95. The molecule has 1 unspecified atom stereocenters. The first kappa shape index (κ1) is 15.4. The highest BCUT2D eigenvalue weighted by molar-refractivity contribution is 9.10. The molecule has 0 bridgehead atoms. The van der Waals surface area contributed by atoms with Crippen LogP contribution in [0.5, 0.6) is 0 Å². The van der Waals surface area contributed by atoms with Crippen molar-refractivity contribution >= 4 is 21.8 Å². The van der Waals surface area contributed by atoms with Crippen LogP contribution >= 0.6 is 15.9 Å². The highest BCUT2D eigenvalue weighted by atomic mass is 79.9. The predicted octanol–water partition coefficient (Wildman–Crippen LogP) is 2.66. The van der Waals surface area contributed by atoms with E-state index in [2.05, 4.69) is 21.2 Å². The molecule has 1 aliphatic rings. The van der Waals surface area contributed by atoms with Gasteiger partial charge < -0.3 is 9.73 Å². The Labute approximate surface area is 122 Å². The zero-order chi connectivity index (χ0) is 14.8. The minimum Gasteiger partial charge on any atom is -0.444 e. The number of carbonyl (C=O) groups excluding carboxylic acids is 1. The number of carbonyl (C=O) groups is 1. The lowest BCUT2D eigenvalue weighted by Gasteiger charge is -2.17. The summed E-state index contributed by atoms with van der Waals surface area (Å²) >= 11 is 3.09. The second-order valence-corrected chi connectivity index (χ2v) is 5.60. The number of furan rings is 1. The average molecular weight is 355 g/mol. The van der Waals surface area contributed by atoms with Crippen molar-refractivity contribution in [2.45, 2.75) is 12.6 Å². The fourth-order valence-electron chi connectivity index (χ4n) is 2.24. The standard InChI is InChI=1S/C12H14BrF3N2O2/c13-10-2-1-9(20-10)11(19)17-5-8-3-4-18(6-8)7-12(14,15)16/h1-2,8H,3-7H2,(H,17,19). The predicted molar refractivity (Wildman–Crippen MR) is 69.3 cm³/mol. The monoisotopic (exact) mass is 354 g/mol. The van der Waals surface area contributed by atoms with E-state index in [0.29, 0.717) is 30.7 Å². The van der Waals surface area contributed by atoms with Gasteiger partial charge in [0.25, 0.3) is 5.91 Å². The molecule has 0 spiro atoms. The molecule has 112 valence electrons. The molecule has 2 rings (SSSR count). The van der Waals surface area contributed by atoms with Crippen LogP contribution in [0, 0.1) is 5.92 Å². The normalized spacial score (nSPS) is 20.3. The number of nitrogens with one attached hydrogen (secondary N) is 1. The quantitative estimate of drug-likeness (QED) is 0.903. The van der Waals surface area contributed by atoms with Crippen LogP contribution in [0.3, 0.4) is 0 Å². The van der Waals surface area contributed by atoms with E-state index >= 15 is 0 Å². The Morgan fingerprint density at radius 1 is 1.50 bits per heavy atom. The summed E-state index contributed by atoms with van der Waals surface area (Å²) < 4.78 is 42.3. The molecular weight excluding hydrogens is 341 g/mol. The van der Waals surface area contributed by atoms with Crippen LogP contribution < -0.4 is 5.32 Å². The molecule has 1 atom stereocenters. The second-order valence-electron chi connectivity index (χ2n) is 4.82. The number of nitrogens with zero attached hydrogens (tertiary/aromatic N) is 1. The van der Waals surface area contributed by atoms with E-state index in [1.165, 1.54) is 11.0 Å². The molecule has 1 aromatic rings. The third-order valence-corrected chi connectivity index (χ3v) is 3.55. The Bertz CT molecular complexity index is 476. The number of hydrogen-bond donors (Lipinski definition) is 1. The lowest BCUT2D eigenvalue weighted by molar-refractivity contribution is -0.143. The van der Waals surface area contributed by atoms with Crippen LogP contribution in [-0.2, 0) is 0 Å². The Kier molecular flexibility index (Phi) is 4.74. The van der Waals surface area contributed by atoms with Gasteiger partial charge in [0.15, 0.2) is 10.4 Å². The van der Waals surface area contributed by atoms with E-state index in [-0.39, 0.29) is 17.6 Å². The van der Waals surface area contributed by atoms with Crippen LogP contribution in [0.15, 0.2) is 21.2 Å². The number of hydrogen-bond acceptors (Lipinski definition) is 3. The molecule has 1 fully saturated rings. The molecule has 4 nitrogen and oxygen atoms in total. The average Bonchev–Trinajstić information content (AvgIpc) is 2.93. The maximum absolute atomic E-state index is 12.2. The molecule has 0 aromatic carbocycles. The van der Waals surface area contributed by atoms with Gasteiger partial charge in [0.2, 0.25) is 0 Å². The number of amides is 1. The number of halogens is 4. The highest BCUT2D eigenvalue weighted by Gasteiger charge is 2.34. The molecule has 1 aromatic heterocycles. The Morgan fingerprint density at radius 3 is 2.85 bits per heavy atom. The minimum atomic E-state index is -4.17. The minimum absolute atomic E-state index is 0.0414. The van der Waals surface area contributed by atoms with Crippen LogP contribution in [0.1, 0.15) is 17.0 Å². The van der Waals surface area contributed by atoms with Crippen molar-refractivity contribution in [1.82, 2.24) is 10.2 Å². The summed E-state index contributed by atoms with van der Waals surface area (Å²) in [7, 11) is 0. The molecule has 0 aliphatic carbocycles. The molecule has 20 heavy (non-hydrogen) atoms. The van der Waals surface area contributed by atoms with Gasteiger partial charge in [0.05, 0.1) is 6.54 Å². The van der Waals surface area contributed by atoms with E-state index in [9.17, 15) is 18.0 Å². The maximum atomic E-state index is 12.2. The van der Waals surface area contributed by atoms with E-state index in [0.717, 1.165) is 0 Å². The number of likely N-dealkylation sites (tertiary alicyclic amines) is 1. The van der Waals surface area contributed by atoms with Gasteiger partial charge in [0.1, 0.15) is 0 Å². The molecular formula is C12H14BrF3N2O2. The summed E-state index contributed by atoms with van der Waals surface area (Å²) in [5.41, 5.74) is 0. The summed E-state index contributed by atoms with van der Waals surface area (Å²) in [5, 5.41) is 2.68. The molecule has 0 radical (unpaired) electrons. The third-order valence-electron chi connectivity index (χ3n) is 3.12. The van der Waals surface area contributed by atoms with Crippen molar-refractivity contribution in [3.63, 3.8) is 0 Å². The molecule has 0 saturated carbocycles. The maximum Gasteiger partial charge on any atom is 0.401 e. The lowest BCUT2D eigenvalue weighted by Crippen LogP contribution is -2.34. The van der Waals surface area contributed by atoms with E-state index in [1.54, 1.807) is 6.07 Å². The van der Waals surface area contributed by atoms with Gasteiger partial charge in [-0.2, -0.15) is 13.2 Å². The Hall–Kier alpha value is -1.02. The van der Waals surface area contributed by atoms with Gasteiger partial charge in [-0.3, -0.25) is 9.69 Å². The zero-order valence-corrected chi connectivity index (χ0v) is 12.1. The number of rotatable bonds is 4. The van der Waals surface area contributed by atoms with Crippen molar-refractivity contribution < 1.29 is 22.4 Å². The zero-order valence-electron chi connectivity index (χ0n) is 10.5. The third kappa shape index (κ3) is 4.52. The summed E-state index contributed by atoms with van der Waals surface area (Å²) in [6.45, 7) is 0.224. The first-order valence-electron chi connectivity index (χ1n) is 6.16. The summed E-state index contributed by atoms with van der Waals surface area (Å²) in [5.74, 6) is -0.133. The van der Waals surface area contributed by atoms with Gasteiger partial charge in [-0.1, -0.05) is 0 Å². The smallest absolute Gasteiger partial charge is 0.401 e. The molecule has 1 saturated heterocycles. The van der Waals surface area contributed by atoms with Gasteiger partial charge in [-0.15, -0.1) is 0 Å². The van der Waals surface area contributed by atoms with Crippen LogP contribution in [-0.4, -0.2) is 43.2 Å². The van der Waals surface area contributed by atoms with Crippen molar-refractivity contribution in [1.29, 1.82) is 0 Å². The SMILES string of the molecule is O=C(NCC1CCN(CC(F)(F)F)C1)c1ccc(Br)o1. The van der Waals surface area contributed by atoms with Gasteiger partial charge in [-0.05, 0) is 46.9 Å². The largest absolute Gasteiger partial charge is 0.444 e. The van der Waals surface area contributed by atoms with Crippen LogP contribution in [0.4, 0.5) is 13.2 Å². The van der Waals surface area contributed by atoms with Gasteiger partial charge >= 0.3 is 6.18 Å². The summed E-state index contributed by atoms with van der Waals surface area (Å²) in [6.07, 6.45) is -3.52. The Morgan fingerprint density at radius 2 is 2.25 bits per heavy atom. The van der Waals surface area contributed by atoms with Crippen molar-refractivity contribution in [3.05, 3.63) is 22.6 Å². The fourth-order valence-corrected chi connectivity index (χ4v) is 2.54. The van der Waals surface area contributed by atoms with Crippen LogP contribution in [0.2, 0.25) is 0 Å². The second kappa shape index (κ2) is 6.17. The van der Waals surface area contributed by atoms with Crippen molar-refractivity contribution in [2.24, 2.45) is 5.92 Å². The van der Waals surface area contributed by atoms with Gasteiger partial charge in [-0.25, -0.2) is 0 Å². The lowest BCUT2D eigenvalue weighted by atomic mass is 10.1. The summed E-state index contributed by atoms with van der Waals surface area (Å²) in [4.78, 5) is 13.1. The Balaban J connectivity index is 1.74. The molecule has 8 heteroatoms. The summed E-state index contributed by atoms with van der Waals surface area (Å²) in [6, 6.07) is 3.14. The molecule has 2 heterocycles. The van der Waals surface area contributed by atoms with E-state index < -0.39 is 12.7 Å². The van der Waals surface area contributed by atoms with Crippen LogP contribution in [0.25, 0.3) is 0 Å². The highest BCUT2D eigenvalue weighted by Crippen LogP contribution is 2.22.